The Morgan fingerprint density at radius 1 is 1.67 bits per heavy atom. The van der Waals surface area contributed by atoms with Crippen molar-refractivity contribution in [2.45, 2.75) is 20.4 Å². The number of hydrogen-bond acceptors (Lipinski definition) is 6. The molecular formula is C11H12N2O3S2. The summed E-state index contributed by atoms with van der Waals surface area (Å²) < 4.78 is 6.74. The standard InChI is InChI=1S/C11H12N2O3S2/c1-3-13-9(14)8(18-11(13)17)5-7(6-12)10(15)16-4-2/h5,14H,3-4H2,1-2H3. The molecular weight excluding hydrogens is 272 g/mol. The molecule has 1 aromatic rings. The van der Waals surface area contributed by atoms with E-state index in [-0.39, 0.29) is 18.1 Å². The van der Waals surface area contributed by atoms with Crippen LogP contribution in [-0.4, -0.2) is 22.2 Å². The van der Waals surface area contributed by atoms with E-state index in [1.54, 1.807) is 13.0 Å². The van der Waals surface area contributed by atoms with Crippen molar-refractivity contribution in [3.63, 3.8) is 0 Å². The van der Waals surface area contributed by atoms with E-state index in [1.807, 2.05) is 6.92 Å². The zero-order valence-corrected chi connectivity index (χ0v) is 11.6. The highest BCUT2D eigenvalue weighted by molar-refractivity contribution is 7.73. The molecule has 0 bridgehead atoms. The molecule has 0 amide bonds. The van der Waals surface area contributed by atoms with E-state index >= 15 is 0 Å². The third-order valence-electron chi connectivity index (χ3n) is 2.10. The first-order valence-corrected chi connectivity index (χ1v) is 6.49. The van der Waals surface area contributed by atoms with Crippen molar-refractivity contribution in [3.8, 4) is 11.9 Å². The van der Waals surface area contributed by atoms with E-state index in [0.29, 0.717) is 15.4 Å². The van der Waals surface area contributed by atoms with Crippen LogP contribution in [0.5, 0.6) is 5.88 Å². The first kappa shape index (κ1) is 14.4. The van der Waals surface area contributed by atoms with Gasteiger partial charge in [0.15, 0.2) is 3.95 Å². The summed E-state index contributed by atoms with van der Waals surface area (Å²) in [6.45, 7) is 4.21. The fourth-order valence-corrected chi connectivity index (χ4v) is 2.64. The Kier molecular flexibility index (Phi) is 5.07. The van der Waals surface area contributed by atoms with Gasteiger partial charge >= 0.3 is 5.97 Å². The zero-order chi connectivity index (χ0) is 13.7. The van der Waals surface area contributed by atoms with Gasteiger partial charge in [-0.2, -0.15) is 5.26 Å². The predicted molar refractivity (Wildman–Crippen MR) is 70.7 cm³/mol. The second-order valence-electron chi connectivity index (χ2n) is 3.19. The molecule has 1 rings (SSSR count). The molecule has 1 N–H and O–H groups in total. The molecule has 0 atom stereocenters. The zero-order valence-electron chi connectivity index (χ0n) is 9.97. The minimum Gasteiger partial charge on any atom is -0.493 e. The summed E-state index contributed by atoms with van der Waals surface area (Å²) in [5.41, 5.74) is -0.161. The van der Waals surface area contributed by atoms with Crippen LogP contribution < -0.4 is 0 Å². The van der Waals surface area contributed by atoms with Gasteiger partial charge in [-0.05, 0) is 32.1 Å². The van der Waals surface area contributed by atoms with Crippen LogP contribution in [0.15, 0.2) is 5.57 Å². The fraction of sp³-hybridized carbons (Fsp3) is 0.364. The summed E-state index contributed by atoms with van der Waals surface area (Å²) >= 11 is 6.20. The van der Waals surface area contributed by atoms with Crippen LogP contribution in [-0.2, 0) is 16.1 Å². The predicted octanol–water partition coefficient (Wildman–Crippen LogP) is 2.47. The number of rotatable bonds is 4. The number of aromatic hydroxyl groups is 1. The number of carbonyl (C=O) groups excluding carboxylic acids is 1. The number of esters is 1. The molecule has 0 aliphatic heterocycles. The molecule has 0 saturated heterocycles. The van der Waals surface area contributed by atoms with Gasteiger partial charge < -0.3 is 9.84 Å². The number of nitriles is 1. The van der Waals surface area contributed by atoms with Gasteiger partial charge in [-0.1, -0.05) is 0 Å². The smallest absolute Gasteiger partial charge is 0.348 e. The maximum atomic E-state index is 11.4. The van der Waals surface area contributed by atoms with Crippen LogP contribution in [0.3, 0.4) is 0 Å². The first-order chi connectivity index (χ1) is 8.54. The van der Waals surface area contributed by atoms with Gasteiger partial charge in [0, 0.05) is 6.54 Å². The van der Waals surface area contributed by atoms with Gasteiger partial charge in [0.05, 0.1) is 11.5 Å². The highest BCUT2D eigenvalue weighted by atomic mass is 32.1. The number of carbonyl (C=O) groups is 1. The molecule has 0 spiro atoms. The Balaban J connectivity index is 3.19. The third kappa shape index (κ3) is 2.97. The molecule has 96 valence electrons. The van der Waals surface area contributed by atoms with Gasteiger partial charge in [-0.15, -0.1) is 11.3 Å². The lowest BCUT2D eigenvalue weighted by Crippen LogP contribution is -2.05. The third-order valence-corrected chi connectivity index (χ3v) is 3.49. The fourth-order valence-electron chi connectivity index (χ4n) is 1.26. The van der Waals surface area contributed by atoms with Crippen LogP contribution in [0.25, 0.3) is 6.08 Å². The van der Waals surface area contributed by atoms with Crippen molar-refractivity contribution in [1.29, 1.82) is 5.26 Å². The molecule has 0 aromatic carbocycles. The quantitative estimate of drug-likeness (QED) is 0.398. The molecule has 0 aliphatic rings. The lowest BCUT2D eigenvalue weighted by Gasteiger charge is -2.00. The second-order valence-corrected chi connectivity index (χ2v) is 4.87. The highest BCUT2D eigenvalue weighted by Crippen LogP contribution is 2.28. The summed E-state index contributed by atoms with van der Waals surface area (Å²) in [5.74, 6) is -0.744. The maximum Gasteiger partial charge on any atom is 0.348 e. The van der Waals surface area contributed by atoms with Crippen molar-refractivity contribution in [2.75, 3.05) is 6.61 Å². The van der Waals surface area contributed by atoms with Crippen molar-refractivity contribution in [1.82, 2.24) is 4.57 Å². The van der Waals surface area contributed by atoms with Crippen molar-refractivity contribution >= 4 is 35.6 Å². The molecule has 1 heterocycles. The summed E-state index contributed by atoms with van der Waals surface area (Å²) in [7, 11) is 0. The van der Waals surface area contributed by atoms with Crippen molar-refractivity contribution in [2.24, 2.45) is 0 Å². The topological polar surface area (TPSA) is 75.2 Å². The number of thiazole rings is 1. The van der Waals surface area contributed by atoms with Crippen LogP contribution in [0.4, 0.5) is 0 Å². The lowest BCUT2D eigenvalue weighted by molar-refractivity contribution is -0.137. The van der Waals surface area contributed by atoms with Crippen LogP contribution >= 0.6 is 23.6 Å². The molecule has 5 nitrogen and oxygen atoms in total. The van der Waals surface area contributed by atoms with E-state index < -0.39 is 5.97 Å². The Morgan fingerprint density at radius 2 is 2.33 bits per heavy atom. The minimum absolute atomic E-state index is 0.0375. The molecule has 0 fully saturated rings. The summed E-state index contributed by atoms with van der Waals surface area (Å²) in [5, 5.41) is 18.7. The van der Waals surface area contributed by atoms with E-state index in [0.717, 1.165) is 11.3 Å². The molecule has 18 heavy (non-hydrogen) atoms. The second kappa shape index (κ2) is 6.33. The van der Waals surface area contributed by atoms with E-state index in [4.69, 9.17) is 22.2 Å². The lowest BCUT2D eigenvalue weighted by atomic mass is 10.2. The van der Waals surface area contributed by atoms with Gasteiger partial charge in [-0.3, -0.25) is 4.57 Å². The van der Waals surface area contributed by atoms with Crippen molar-refractivity contribution in [3.05, 3.63) is 14.4 Å². The summed E-state index contributed by atoms with van der Waals surface area (Å²) in [4.78, 5) is 11.8. The molecule has 0 aliphatic carbocycles. The van der Waals surface area contributed by atoms with Crippen molar-refractivity contribution < 1.29 is 14.6 Å². The summed E-state index contributed by atoms with van der Waals surface area (Å²) in [6, 6.07) is 1.75. The Bertz CT molecular complexity index is 578. The molecule has 0 radical (unpaired) electrons. The van der Waals surface area contributed by atoms with Gasteiger partial charge in [0.1, 0.15) is 11.6 Å². The highest BCUT2D eigenvalue weighted by Gasteiger charge is 2.14. The normalized spacial score (nSPS) is 11.1. The van der Waals surface area contributed by atoms with Crippen LogP contribution in [0, 0.1) is 15.3 Å². The Labute approximate surface area is 114 Å². The first-order valence-electron chi connectivity index (χ1n) is 5.26. The average Bonchev–Trinajstić information content (AvgIpc) is 2.61. The SMILES string of the molecule is CCOC(=O)C(C#N)=Cc1sc(=S)n(CC)c1O. The maximum absolute atomic E-state index is 11.4. The Morgan fingerprint density at radius 3 is 2.78 bits per heavy atom. The van der Waals surface area contributed by atoms with E-state index in [9.17, 15) is 9.90 Å². The van der Waals surface area contributed by atoms with Gasteiger partial charge in [0.2, 0.25) is 5.88 Å². The van der Waals surface area contributed by atoms with Crippen LogP contribution in [0.1, 0.15) is 18.7 Å². The number of hydrogen-bond donors (Lipinski definition) is 1. The number of nitrogens with zero attached hydrogens (tertiary/aromatic N) is 2. The molecule has 1 aromatic heterocycles. The van der Waals surface area contributed by atoms with E-state index in [2.05, 4.69) is 0 Å². The average molecular weight is 284 g/mol. The minimum atomic E-state index is -0.707. The Hall–Kier alpha value is -1.65. The number of ether oxygens (including phenoxy) is 1. The molecule has 0 unspecified atom stereocenters. The van der Waals surface area contributed by atoms with Gasteiger partial charge in [-0.25, -0.2) is 4.79 Å². The molecule has 0 saturated carbocycles. The number of aromatic nitrogens is 1. The van der Waals surface area contributed by atoms with Gasteiger partial charge in [0.25, 0.3) is 0 Å². The summed E-state index contributed by atoms with van der Waals surface area (Å²) in [6.07, 6.45) is 1.29. The largest absolute Gasteiger partial charge is 0.493 e. The van der Waals surface area contributed by atoms with Crippen LogP contribution in [0.2, 0.25) is 0 Å². The monoisotopic (exact) mass is 284 g/mol. The molecule has 7 heteroatoms. The van der Waals surface area contributed by atoms with E-state index in [1.165, 1.54) is 10.6 Å².